The number of hydrogen-bond acceptors (Lipinski definition) is 6. The lowest BCUT2D eigenvalue weighted by molar-refractivity contribution is -0.143. The van der Waals surface area contributed by atoms with E-state index in [1.165, 1.54) is 6.92 Å². The predicted molar refractivity (Wildman–Crippen MR) is 104 cm³/mol. The molecule has 0 aliphatic rings. The van der Waals surface area contributed by atoms with Crippen molar-refractivity contribution in [3.8, 4) is 0 Å². The van der Waals surface area contributed by atoms with Crippen LogP contribution in [0.2, 0.25) is 0 Å². The van der Waals surface area contributed by atoms with Crippen molar-refractivity contribution in [2.45, 2.75) is 71.6 Å². The Bertz CT molecular complexity index is 619. The average molecular weight is 416 g/mol. The van der Waals surface area contributed by atoms with Gasteiger partial charge in [-0.2, -0.15) is 0 Å². The van der Waals surface area contributed by atoms with Crippen molar-refractivity contribution in [3.05, 3.63) is 0 Å². The summed E-state index contributed by atoms with van der Waals surface area (Å²) >= 11 is 0. The van der Waals surface area contributed by atoms with Crippen molar-refractivity contribution in [1.29, 1.82) is 0 Å². The maximum absolute atomic E-state index is 12.6. The zero-order valence-corrected chi connectivity index (χ0v) is 17.4. The van der Waals surface area contributed by atoms with Gasteiger partial charge in [-0.15, -0.1) is 0 Å². The highest BCUT2D eigenvalue weighted by molar-refractivity contribution is 5.94. The Hall–Kier alpha value is -2.69. The minimum atomic E-state index is -1.21. The fourth-order valence-corrected chi connectivity index (χ4v) is 2.39. The number of nitrogens with two attached hydrogens (primary N) is 1. The molecule has 0 bridgehead atoms. The highest BCUT2D eigenvalue weighted by atomic mass is 16.4. The molecule has 0 spiro atoms. The summed E-state index contributed by atoms with van der Waals surface area (Å²) in [7, 11) is 0. The number of rotatable bonds is 12. The summed E-state index contributed by atoms with van der Waals surface area (Å²) in [6, 6.07) is -4.34. The van der Waals surface area contributed by atoms with Gasteiger partial charge in [0.2, 0.25) is 17.7 Å². The molecule has 11 nitrogen and oxygen atoms in total. The van der Waals surface area contributed by atoms with Crippen LogP contribution in [0.25, 0.3) is 0 Å². The van der Waals surface area contributed by atoms with Crippen LogP contribution in [0.3, 0.4) is 0 Å². The van der Waals surface area contributed by atoms with Gasteiger partial charge in [0.25, 0.3) is 0 Å². The molecule has 0 heterocycles. The lowest BCUT2D eigenvalue weighted by Gasteiger charge is -2.27. The van der Waals surface area contributed by atoms with Crippen molar-refractivity contribution >= 4 is 29.7 Å². The number of aliphatic carboxylic acids is 2. The molecular formula is C18H32N4O7. The molecule has 0 aromatic rings. The molecule has 3 amide bonds. The summed E-state index contributed by atoms with van der Waals surface area (Å²) in [5.74, 6) is -5.23. The fourth-order valence-electron chi connectivity index (χ4n) is 2.39. The molecule has 4 atom stereocenters. The zero-order chi connectivity index (χ0) is 22.9. The van der Waals surface area contributed by atoms with Gasteiger partial charge in [-0.1, -0.05) is 27.7 Å². The Morgan fingerprint density at radius 1 is 0.759 bits per heavy atom. The quantitative estimate of drug-likeness (QED) is 0.235. The van der Waals surface area contributed by atoms with E-state index in [2.05, 4.69) is 16.0 Å². The largest absolute Gasteiger partial charge is 0.481 e. The van der Waals surface area contributed by atoms with Crippen LogP contribution in [-0.4, -0.2) is 64.0 Å². The molecule has 0 rings (SSSR count). The van der Waals surface area contributed by atoms with Crippen molar-refractivity contribution < 1.29 is 34.2 Å². The summed E-state index contributed by atoms with van der Waals surface area (Å²) in [4.78, 5) is 59.2. The van der Waals surface area contributed by atoms with Crippen LogP contribution in [0.5, 0.6) is 0 Å². The third-order valence-corrected chi connectivity index (χ3v) is 4.17. The fraction of sp³-hybridized carbons (Fsp3) is 0.722. The summed E-state index contributed by atoms with van der Waals surface area (Å²) in [6.45, 7) is 7.98. The van der Waals surface area contributed by atoms with E-state index in [0.29, 0.717) is 0 Å². The average Bonchev–Trinajstić information content (AvgIpc) is 2.59. The van der Waals surface area contributed by atoms with Gasteiger partial charge in [-0.3, -0.25) is 19.2 Å². The molecule has 11 heteroatoms. The number of carboxylic acids is 2. The Morgan fingerprint density at radius 2 is 1.24 bits per heavy atom. The molecule has 4 unspecified atom stereocenters. The van der Waals surface area contributed by atoms with E-state index in [0.717, 1.165) is 0 Å². The summed E-state index contributed by atoms with van der Waals surface area (Å²) in [5, 5.41) is 25.3. The van der Waals surface area contributed by atoms with Crippen molar-refractivity contribution in [2.75, 3.05) is 0 Å². The molecular weight excluding hydrogens is 384 g/mol. The molecule has 0 saturated heterocycles. The molecule has 0 aliphatic carbocycles. The Balaban J connectivity index is 5.38. The molecule has 0 saturated carbocycles. The highest BCUT2D eigenvalue weighted by Crippen LogP contribution is 2.08. The first kappa shape index (κ1) is 26.3. The van der Waals surface area contributed by atoms with E-state index < -0.39 is 59.7 Å². The van der Waals surface area contributed by atoms with Crippen molar-refractivity contribution in [2.24, 2.45) is 17.6 Å². The van der Waals surface area contributed by atoms with Gasteiger partial charge in [0, 0.05) is 6.42 Å². The van der Waals surface area contributed by atoms with Crippen LogP contribution in [0, 0.1) is 11.8 Å². The second kappa shape index (κ2) is 12.0. The third-order valence-electron chi connectivity index (χ3n) is 4.17. The van der Waals surface area contributed by atoms with Gasteiger partial charge in [0.05, 0.1) is 6.04 Å². The second-order valence-electron chi connectivity index (χ2n) is 7.58. The number of carbonyl (C=O) groups excluding carboxylic acids is 3. The maximum Gasteiger partial charge on any atom is 0.326 e. The van der Waals surface area contributed by atoms with Gasteiger partial charge in [-0.25, -0.2) is 4.79 Å². The lowest BCUT2D eigenvalue weighted by atomic mass is 9.99. The summed E-state index contributed by atoms with van der Waals surface area (Å²) in [5.41, 5.74) is 5.47. The van der Waals surface area contributed by atoms with Crippen LogP contribution in [0.1, 0.15) is 47.5 Å². The number of amides is 3. The van der Waals surface area contributed by atoms with Crippen LogP contribution < -0.4 is 21.7 Å². The first-order valence-electron chi connectivity index (χ1n) is 9.39. The number of carboxylic acid groups (broad SMARTS) is 2. The monoisotopic (exact) mass is 416 g/mol. The SMILES string of the molecule is CC(N)C(=O)NC(CCC(=O)O)C(=O)NC(C(=O)NC(C(=O)O)C(C)C)C(C)C. The van der Waals surface area contributed by atoms with E-state index in [-0.39, 0.29) is 18.8 Å². The standard InChI is InChI=1S/C18H32N4O7/c1-8(2)13(17(27)22-14(9(3)4)18(28)29)21-16(26)11(6-7-12(23)24)20-15(25)10(5)19/h8-11,13-14H,6-7,19H2,1-5H3,(H,20,25)(H,21,26)(H,22,27)(H,23,24)(H,28,29). The molecule has 0 radical (unpaired) electrons. The minimum Gasteiger partial charge on any atom is -0.481 e. The summed E-state index contributed by atoms with van der Waals surface area (Å²) < 4.78 is 0. The first-order valence-corrected chi connectivity index (χ1v) is 9.39. The van der Waals surface area contributed by atoms with Crippen LogP contribution >= 0.6 is 0 Å². The lowest BCUT2D eigenvalue weighted by Crippen LogP contribution is -2.58. The van der Waals surface area contributed by atoms with E-state index in [4.69, 9.17) is 10.8 Å². The molecule has 7 N–H and O–H groups in total. The molecule has 0 aliphatic heterocycles. The van der Waals surface area contributed by atoms with Gasteiger partial charge in [0.1, 0.15) is 18.1 Å². The molecule has 0 aromatic heterocycles. The van der Waals surface area contributed by atoms with Crippen molar-refractivity contribution in [3.63, 3.8) is 0 Å². The van der Waals surface area contributed by atoms with Crippen molar-refractivity contribution in [1.82, 2.24) is 16.0 Å². The van der Waals surface area contributed by atoms with Gasteiger partial charge in [-0.05, 0) is 25.2 Å². The van der Waals surface area contributed by atoms with Gasteiger partial charge in [0.15, 0.2) is 0 Å². The molecule has 166 valence electrons. The zero-order valence-electron chi connectivity index (χ0n) is 17.4. The van der Waals surface area contributed by atoms with E-state index >= 15 is 0 Å². The van der Waals surface area contributed by atoms with E-state index in [1.807, 2.05) is 0 Å². The third kappa shape index (κ3) is 9.37. The normalized spacial score (nSPS) is 15.2. The number of hydrogen-bond donors (Lipinski definition) is 6. The van der Waals surface area contributed by atoms with Gasteiger partial charge < -0.3 is 31.9 Å². The maximum atomic E-state index is 12.6. The summed E-state index contributed by atoms with van der Waals surface area (Å²) in [6.07, 6.45) is -0.583. The molecule has 0 fully saturated rings. The molecule has 0 aromatic carbocycles. The second-order valence-corrected chi connectivity index (χ2v) is 7.58. The van der Waals surface area contributed by atoms with Gasteiger partial charge >= 0.3 is 11.9 Å². The van der Waals surface area contributed by atoms with Crippen LogP contribution in [-0.2, 0) is 24.0 Å². The first-order chi connectivity index (χ1) is 13.3. The highest BCUT2D eigenvalue weighted by Gasteiger charge is 2.32. The Labute approximate surface area is 169 Å². The topological polar surface area (TPSA) is 188 Å². The van der Waals surface area contributed by atoms with Crippen LogP contribution in [0.4, 0.5) is 0 Å². The number of nitrogens with one attached hydrogen (secondary N) is 3. The Morgan fingerprint density at radius 3 is 1.62 bits per heavy atom. The predicted octanol–water partition coefficient (Wildman–Crippen LogP) is -0.951. The van der Waals surface area contributed by atoms with E-state index in [1.54, 1.807) is 27.7 Å². The Kier molecular flexibility index (Phi) is 10.9. The minimum absolute atomic E-state index is 0.199. The molecule has 29 heavy (non-hydrogen) atoms. The van der Waals surface area contributed by atoms with Crippen LogP contribution in [0.15, 0.2) is 0 Å². The van der Waals surface area contributed by atoms with E-state index in [9.17, 15) is 29.1 Å². The smallest absolute Gasteiger partial charge is 0.326 e. The number of carbonyl (C=O) groups is 5.